The van der Waals surface area contributed by atoms with E-state index < -0.39 is 0 Å². The Morgan fingerprint density at radius 2 is 2.12 bits per heavy atom. The van der Waals surface area contributed by atoms with Gasteiger partial charge in [-0.15, -0.1) is 0 Å². The van der Waals surface area contributed by atoms with Crippen molar-refractivity contribution in [1.82, 2.24) is 10.2 Å². The Bertz CT molecular complexity index is 282. The first kappa shape index (κ1) is 14.3. The Balaban J connectivity index is 2.60. The molecule has 17 heavy (non-hydrogen) atoms. The minimum Gasteiger partial charge on any atom is -0.468 e. The highest BCUT2D eigenvalue weighted by molar-refractivity contribution is 4.98. The van der Waals surface area contributed by atoms with E-state index in [1.807, 2.05) is 12.1 Å². The summed E-state index contributed by atoms with van der Waals surface area (Å²) in [4.78, 5) is 2.48. The number of furan rings is 1. The molecule has 1 N–H and O–H groups in total. The van der Waals surface area contributed by atoms with Crippen LogP contribution in [0.2, 0.25) is 0 Å². The summed E-state index contributed by atoms with van der Waals surface area (Å²) < 4.78 is 5.44. The molecule has 0 radical (unpaired) electrons. The van der Waals surface area contributed by atoms with Crippen LogP contribution in [0.5, 0.6) is 0 Å². The zero-order valence-corrected chi connectivity index (χ0v) is 11.6. The van der Waals surface area contributed by atoms with Gasteiger partial charge in [-0.25, -0.2) is 0 Å². The van der Waals surface area contributed by atoms with Crippen molar-refractivity contribution >= 4 is 0 Å². The molecule has 0 aliphatic heterocycles. The highest BCUT2D eigenvalue weighted by Gasteiger charge is 2.20. The lowest BCUT2D eigenvalue weighted by Gasteiger charge is -2.33. The average molecular weight is 238 g/mol. The third-order valence-electron chi connectivity index (χ3n) is 3.19. The van der Waals surface area contributed by atoms with E-state index in [4.69, 9.17) is 4.42 Å². The first-order valence-electron chi connectivity index (χ1n) is 6.66. The second kappa shape index (κ2) is 7.51. The van der Waals surface area contributed by atoms with Crippen LogP contribution >= 0.6 is 0 Å². The van der Waals surface area contributed by atoms with E-state index in [2.05, 4.69) is 37.9 Å². The summed E-state index contributed by atoms with van der Waals surface area (Å²) in [6, 6.07) is 4.57. The molecule has 3 heteroatoms. The Morgan fingerprint density at radius 3 is 2.59 bits per heavy atom. The molecule has 1 atom stereocenters. The predicted molar refractivity (Wildman–Crippen MR) is 72.0 cm³/mol. The molecule has 98 valence electrons. The van der Waals surface area contributed by atoms with Gasteiger partial charge in [-0.05, 0) is 31.1 Å². The molecule has 1 unspecified atom stereocenters. The van der Waals surface area contributed by atoms with Crippen molar-refractivity contribution in [2.24, 2.45) is 5.92 Å². The third kappa shape index (κ3) is 4.52. The summed E-state index contributed by atoms with van der Waals surface area (Å²) in [7, 11) is 0. The Hall–Kier alpha value is -0.800. The van der Waals surface area contributed by atoms with Gasteiger partial charge in [0.2, 0.25) is 0 Å². The van der Waals surface area contributed by atoms with Gasteiger partial charge in [0, 0.05) is 12.6 Å². The highest BCUT2D eigenvalue weighted by atomic mass is 16.3. The lowest BCUT2D eigenvalue weighted by molar-refractivity contribution is 0.141. The standard InChI is InChI=1S/C14H26N2O/c1-5-15-10-14(12(3)4)16(6-2)11-13-8-7-9-17-13/h7-9,12,14-15H,5-6,10-11H2,1-4H3. The third-order valence-corrected chi connectivity index (χ3v) is 3.19. The second-order valence-corrected chi connectivity index (χ2v) is 4.76. The van der Waals surface area contributed by atoms with Crippen LogP contribution in [-0.2, 0) is 6.54 Å². The predicted octanol–water partition coefficient (Wildman–Crippen LogP) is 2.74. The van der Waals surface area contributed by atoms with Crippen LogP contribution in [0, 0.1) is 5.92 Å². The van der Waals surface area contributed by atoms with Gasteiger partial charge in [-0.2, -0.15) is 0 Å². The summed E-state index contributed by atoms with van der Waals surface area (Å²) in [6.45, 7) is 13.0. The van der Waals surface area contributed by atoms with Crippen molar-refractivity contribution in [2.75, 3.05) is 19.6 Å². The largest absolute Gasteiger partial charge is 0.468 e. The van der Waals surface area contributed by atoms with Crippen molar-refractivity contribution < 1.29 is 4.42 Å². The molecule has 1 rings (SSSR count). The molecular formula is C14H26N2O. The SMILES string of the molecule is CCNCC(C(C)C)N(CC)Cc1ccco1. The number of likely N-dealkylation sites (N-methyl/N-ethyl adjacent to an activating group) is 2. The summed E-state index contributed by atoms with van der Waals surface area (Å²) in [5.74, 6) is 1.69. The minimum atomic E-state index is 0.560. The smallest absolute Gasteiger partial charge is 0.117 e. The van der Waals surface area contributed by atoms with Crippen molar-refractivity contribution in [3.8, 4) is 0 Å². The van der Waals surface area contributed by atoms with Crippen LogP contribution in [0.15, 0.2) is 22.8 Å². The van der Waals surface area contributed by atoms with Crippen molar-refractivity contribution in [3.63, 3.8) is 0 Å². The quantitative estimate of drug-likeness (QED) is 0.755. The molecule has 0 fully saturated rings. The Morgan fingerprint density at radius 1 is 1.35 bits per heavy atom. The van der Waals surface area contributed by atoms with E-state index in [-0.39, 0.29) is 0 Å². The first-order chi connectivity index (χ1) is 8.19. The summed E-state index contributed by atoms with van der Waals surface area (Å²) >= 11 is 0. The average Bonchev–Trinajstić information content (AvgIpc) is 2.80. The monoisotopic (exact) mass is 238 g/mol. The van der Waals surface area contributed by atoms with E-state index in [9.17, 15) is 0 Å². The number of rotatable bonds is 8. The molecule has 3 nitrogen and oxygen atoms in total. The number of nitrogens with one attached hydrogen (secondary N) is 1. The normalized spacial score (nSPS) is 13.5. The molecule has 1 aromatic heterocycles. The van der Waals surface area contributed by atoms with Crippen molar-refractivity contribution in [3.05, 3.63) is 24.2 Å². The van der Waals surface area contributed by atoms with Gasteiger partial charge in [0.05, 0.1) is 12.8 Å². The second-order valence-electron chi connectivity index (χ2n) is 4.76. The lowest BCUT2D eigenvalue weighted by Crippen LogP contribution is -2.45. The van der Waals surface area contributed by atoms with Crippen LogP contribution in [0.25, 0.3) is 0 Å². The summed E-state index contributed by atoms with van der Waals surface area (Å²) in [5, 5.41) is 3.45. The summed E-state index contributed by atoms with van der Waals surface area (Å²) in [6.07, 6.45) is 1.75. The molecular weight excluding hydrogens is 212 g/mol. The van der Waals surface area contributed by atoms with E-state index >= 15 is 0 Å². The summed E-state index contributed by atoms with van der Waals surface area (Å²) in [5.41, 5.74) is 0. The van der Waals surface area contributed by atoms with Gasteiger partial charge >= 0.3 is 0 Å². The molecule has 0 aromatic carbocycles. The lowest BCUT2D eigenvalue weighted by atomic mass is 10.0. The van der Waals surface area contributed by atoms with Gasteiger partial charge in [0.25, 0.3) is 0 Å². The van der Waals surface area contributed by atoms with Gasteiger partial charge in [-0.1, -0.05) is 27.7 Å². The Labute approximate surface area is 105 Å². The number of hydrogen-bond acceptors (Lipinski definition) is 3. The molecule has 0 aliphatic carbocycles. The molecule has 1 aromatic rings. The van der Waals surface area contributed by atoms with Crippen molar-refractivity contribution in [2.45, 2.75) is 40.3 Å². The van der Waals surface area contributed by atoms with E-state index in [0.29, 0.717) is 12.0 Å². The Kier molecular flexibility index (Phi) is 6.30. The molecule has 0 saturated carbocycles. The maximum Gasteiger partial charge on any atom is 0.117 e. The zero-order chi connectivity index (χ0) is 12.7. The first-order valence-corrected chi connectivity index (χ1v) is 6.66. The highest BCUT2D eigenvalue weighted by Crippen LogP contribution is 2.14. The molecule has 1 heterocycles. The number of nitrogens with zero attached hydrogens (tertiary/aromatic N) is 1. The van der Waals surface area contributed by atoms with Crippen LogP contribution < -0.4 is 5.32 Å². The fraction of sp³-hybridized carbons (Fsp3) is 0.714. The van der Waals surface area contributed by atoms with Crippen LogP contribution in [0.3, 0.4) is 0 Å². The fourth-order valence-electron chi connectivity index (χ4n) is 2.14. The van der Waals surface area contributed by atoms with Crippen LogP contribution in [-0.4, -0.2) is 30.6 Å². The molecule has 0 bridgehead atoms. The topological polar surface area (TPSA) is 28.4 Å². The zero-order valence-electron chi connectivity index (χ0n) is 11.6. The molecule has 0 amide bonds. The van der Waals surface area contributed by atoms with E-state index in [1.165, 1.54) is 0 Å². The van der Waals surface area contributed by atoms with Gasteiger partial charge in [-0.3, -0.25) is 4.90 Å². The molecule has 0 saturated heterocycles. The van der Waals surface area contributed by atoms with Crippen LogP contribution in [0.1, 0.15) is 33.5 Å². The van der Waals surface area contributed by atoms with Gasteiger partial charge < -0.3 is 9.73 Å². The number of hydrogen-bond donors (Lipinski definition) is 1. The minimum absolute atomic E-state index is 0.560. The van der Waals surface area contributed by atoms with Gasteiger partial charge in [0.15, 0.2) is 0 Å². The van der Waals surface area contributed by atoms with Gasteiger partial charge in [0.1, 0.15) is 5.76 Å². The maximum absolute atomic E-state index is 5.44. The van der Waals surface area contributed by atoms with E-state index in [1.54, 1.807) is 6.26 Å². The molecule has 0 spiro atoms. The molecule has 0 aliphatic rings. The van der Waals surface area contributed by atoms with Crippen molar-refractivity contribution in [1.29, 1.82) is 0 Å². The van der Waals surface area contributed by atoms with E-state index in [0.717, 1.165) is 31.9 Å². The fourth-order valence-corrected chi connectivity index (χ4v) is 2.14. The van der Waals surface area contributed by atoms with Crippen LogP contribution in [0.4, 0.5) is 0 Å². The maximum atomic E-state index is 5.44.